The predicted molar refractivity (Wildman–Crippen MR) is 69.9 cm³/mol. The van der Waals surface area contributed by atoms with Gasteiger partial charge in [-0.05, 0) is 32.9 Å². The Balaban J connectivity index is 3.23. The maximum absolute atomic E-state index is 14.1. The Hall–Kier alpha value is -2.52. The number of nitrogens with one attached hydrogen (secondary N) is 1. The Kier molecular flexibility index (Phi) is 5.08. The summed E-state index contributed by atoms with van der Waals surface area (Å²) in [5.74, 6) is -4.63. The van der Waals surface area contributed by atoms with Crippen molar-refractivity contribution >= 4 is 17.7 Å². The standard InChI is InChI=1S/C13H13F4NO5/c1-12(2,3)23-11(21)18-9-6(10(19)20)4-5-7(8(9)14)22-13(15,16)17/h4-5H,1-3H3,(H,18,21)(H,19,20). The fourth-order valence-electron chi connectivity index (χ4n) is 1.47. The van der Waals surface area contributed by atoms with Crippen LogP contribution in [0.15, 0.2) is 12.1 Å². The smallest absolute Gasteiger partial charge is 0.478 e. The Morgan fingerprint density at radius 3 is 2.17 bits per heavy atom. The fraction of sp³-hybridized carbons (Fsp3) is 0.385. The molecular formula is C13H13F4NO5. The van der Waals surface area contributed by atoms with Crippen LogP contribution in [-0.4, -0.2) is 29.1 Å². The minimum atomic E-state index is -5.19. The molecule has 6 nitrogen and oxygen atoms in total. The monoisotopic (exact) mass is 339 g/mol. The number of halogens is 4. The van der Waals surface area contributed by atoms with E-state index in [-0.39, 0.29) is 0 Å². The van der Waals surface area contributed by atoms with Crippen LogP contribution in [-0.2, 0) is 4.74 Å². The van der Waals surface area contributed by atoms with Crippen LogP contribution in [0.2, 0.25) is 0 Å². The normalized spacial score (nSPS) is 11.8. The molecule has 0 unspecified atom stereocenters. The van der Waals surface area contributed by atoms with Crippen LogP contribution in [0, 0.1) is 5.82 Å². The van der Waals surface area contributed by atoms with Gasteiger partial charge in [-0.25, -0.2) is 14.0 Å². The highest BCUT2D eigenvalue weighted by atomic mass is 19.4. The lowest BCUT2D eigenvalue weighted by Gasteiger charge is -2.20. The van der Waals surface area contributed by atoms with Gasteiger partial charge in [-0.1, -0.05) is 0 Å². The number of anilines is 1. The highest BCUT2D eigenvalue weighted by molar-refractivity contribution is 5.99. The quantitative estimate of drug-likeness (QED) is 0.819. The number of hydrogen-bond donors (Lipinski definition) is 2. The van der Waals surface area contributed by atoms with Gasteiger partial charge in [-0.3, -0.25) is 5.32 Å². The second-order valence-corrected chi connectivity index (χ2v) is 5.28. The van der Waals surface area contributed by atoms with Gasteiger partial charge in [-0.15, -0.1) is 13.2 Å². The van der Waals surface area contributed by atoms with Gasteiger partial charge in [0.1, 0.15) is 5.60 Å². The number of rotatable bonds is 3. The zero-order valence-electron chi connectivity index (χ0n) is 12.2. The van der Waals surface area contributed by atoms with E-state index in [9.17, 15) is 27.2 Å². The summed E-state index contributed by atoms with van der Waals surface area (Å²) in [6.45, 7) is 4.47. The Bertz CT molecular complexity index is 622. The molecular weight excluding hydrogens is 326 g/mol. The van der Waals surface area contributed by atoms with Crippen molar-refractivity contribution in [2.24, 2.45) is 0 Å². The molecule has 1 aromatic carbocycles. The number of aromatic carboxylic acids is 1. The third-order valence-electron chi connectivity index (χ3n) is 2.19. The number of benzene rings is 1. The van der Waals surface area contributed by atoms with E-state index in [1.807, 2.05) is 0 Å². The fourth-order valence-corrected chi connectivity index (χ4v) is 1.47. The first-order valence-electron chi connectivity index (χ1n) is 6.11. The van der Waals surface area contributed by atoms with Crippen molar-refractivity contribution in [1.29, 1.82) is 0 Å². The number of amides is 1. The molecule has 2 N–H and O–H groups in total. The van der Waals surface area contributed by atoms with Crippen molar-refractivity contribution < 1.29 is 41.7 Å². The zero-order chi connectivity index (χ0) is 18.0. The number of hydrogen-bond acceptors (Lipinski definition) is 4. The number of alkyl halides is 3. The maximum Gasteiger partial charge on any atom is 0.573 e. The van der Waals surface area contributed by atoms with Crippen molar-refractivity contribution in [1.82, 2.24) is 0 Å². The van der Waals surface area contributed by atoms with Crippen molar-refractivity contribution in [3.05, 3.63) is 23.5 Å². The molecule has 23 heavy (non-hydrogen) atoms. The van der Waals surface area contributed by atoms with E-state index in [1.54, 1.807) is 5.32 Å². The molecule has 1 amide bonds. The van der Waals surface area contributed by atoms with E-state index >= 15 is 0 Å². The SMILES string of the molecule is CC(C)(C)OC(=O)Nc1c(C(=O)O)ccc(OC(F)(F)F)c1F. The van der Waals surface area contributed by atoms with Gasteiger partial charge in [0.25, 0.3) is 0 Å². The summed E-state index contributed by atoms with van der Waals surface area (Å²) in [4.78, 5) is 22.6. The average molecular weight is 339 g/mol. The molecule has 0 radical (unpaired) electrons. The summed E-state index contributed by atoms with van der Waals surface area (Å²) in [6.07, 6.45) is -6.42. The first kappa shape index (κ1) is 18.5. The molecule has 0 aliphatic rings. The van der Waals surface area contributed by atoms with E-state index in [1.165, 1.54) is 20.8 Å². The van der Waals surface area contributed by atoms with Gasteiger partial charge in [0, 0.05) is 0 Å². The van der Waals surface area contributed by atoms with E-state index < -0.39 is 46.8 Å². The molecule has 0 fully saturated rings. The third kappa shape index (κ3) is 5.64. The molecule has 1 aromatic rings. The van der Waals surface area contributed by atoms with Crippen LogP contribution in [0.25, 0.3) is 0 Å². The van der Waals surface area contributed by atoms with Crippen molar-refractivity contribution in [2.75, 3.05) is 5.32 Å². The lowest BCUT2D eigenvalue weighted by molar-refractivity contribution is -0.275. The molecule has 0 aliphatic heterocycles. The Labute approximate surface area is 128 Å². The second kappa shape index (κ2) is 6.31. The van der Waals surface area contributed by atoms with Crippen molar-refractivity contribution in [3.8, 4) is 5.75 Å². The van der Waals surface area contributed by atoms with Crippen molar-refractivity contribution in [3.63, 3.8) is 0 Å². The van der Waals surface area contributed by atoms with Crippen LogP contribution >= 0.6 is 0 Å². The summed E-state index contributed by atoms with van der Waals surface area (Å²) in [7, 11) is 0. The van der Waals surface area contributed by atoms with Gasteiger partial charge in [0.15, 0.2) is 11.6 Å². The van der Waals surface area contributed by atoms with Crippen LogP contribution < -0.4 is 10.1 Å². The van der Waals surface area contributed by atoms with E-state index in [4.69, 9.17) is 9.84 Å². The van der Waals surface area contributed by atoms with Crippen LogP contribution in [0.4, 0.5) is 28.0 Å². The van der Waals surface area contributed by atoms with Gasteiger partial charge in [-0.2, -0.15) is 0 Å². The van der Waals surface area contributed by atoms with Gasteiger partial charge in [0.2, 0.25) is 0 Å². The predicted octanol–water partition coefficient (Wildman–Crippen LogP) is 3.77. The van der Waals surface area contributed by atoms with Gasteiger partial charge < -0.3 is 14.6 Å². The number of ether oxygens (including phenoxy) is 2. The van der Waals surface area contributed by atoms with Crippen molar-refractivity contribution in [2.45, 2.75) is 32.7 Å². The van der Waals surface area contributed by atoms with Gasteiger partial charge >= 0.3 is 18.4 Å². The first-order valence-corrected chi connectivity index (χ1v) is 6.11. The molecule has 0 saturated carbocycles. The lowest BCUT2D eigenvalue weighted by atomic mass is 10.1. The molecule has 0 spiro atoms. The molecule has 0 aromatic heterocycles. The third-order valence-corrected chi connectivity index (χ3v) is 2.19. The van der Waals surface area contributed by atoms with Gasteiger partial charge in [0.05, 0.1) is 11.3 Å². The minimum Gasteiger partial charge on any atom is -0.478 e. The molecule has 0 atom stereocenters. The zero-order valence-corrected chi connectivity index (χ0v) is 12.2. The molecule has 0 aliphatic carbocycles. The van der Waals surface area contributed by atoms with Crippen LogP contribution in [0.3, 0.4) is 0 Å². The summed E-state index contributed by atoms with van der Waals surface area (Å²) < 4.78 is 58.8. The summed E-state index contributed by atoms with van der Waals surface area (Å²) in [5.41, 5.74) is -2.74. The van der Waals surface area contributed by atoms with E-state index in [0.29, 0.717) is 12.1 Å². The Morgan fingerprint density at radius 1 is 1.17 bits per heavy atom. The molecule has 1 rings (SSSR count). The number of carbonyl (C=O) groups excluding carboxylic acids is 1. The molecule has 10 heteroatoms. The summed E-state index contributed by atoms with van der Waals surface area (Å²) in [6, 6.07) is 1.16. The molecule has 128 valence electrons. The van der Waals surface area contributed by atoms with Crippen LogP contribution in [0.5, 0.6) is 5.75 Å². The molecule has 0 heterocycles. The van der Waals surface area contributed by atoms with Crippen LogP contribution in [0.1, 0.15) is 31.1 Å². The first-order chi connectivity index (χ1) is 10.3. The highest BCUT2D eigenvalue weighted by Gasteiger charge is 2.34. The summed E-state index contributed by atoms with van der Waals surface area (Å²) in [5, 5.41) is 10.7. The topological polar surface area (TPSA) is 84.9 Å². The molecule has 0 saturated heterocycles. The minimum absolute atomic E-state index is 0.493. The van der Waals surface area contributed by atoms with E-state index in [2.05, 4.69) is 4.74 Å². The molecule has 0 bridgehead atoms. The Morgan fingerprint density at radius 2 is 1.74 bits per heavy atom. The number of carboxylic acids is 1. The number of carbonyl (C=O) groups is 2. The number of carboxylic acid groups (broad SMARTS) is 1. The largest absolute Gasteiger partial charge is 0.573 e. The van der Waals surface area contributed by atoms with E-state index in [0.717, 1.165) is 0 Å². The second-order valence-electron chi connectivity index (χ2n) is 5.28. The maximum atomic E-state index is 14.1. The summed E-state index contributed by atoms with van der Waals surface area (Å²) >= 11 is 0. The lowest BCUT2D eigenvalue weighted by Crippen LogP contribution is -2.28. The highest BCUT2D eigenvalue weighted by Crippen LogP contribution is 2.32. The average Bonchev–Trinajstić information content (AvgIpc) is 2.29.